The number of carbonyl (C=O) groups is 1. The van der Waals surface area contributed by atoms with Gasteiger partial charge in [0.2, 0.25) is 0 Å². The molecule has 0 amide bonds. The van der Waals surface area contributed by atoms with Crippen molar-refractivity contribution in [2.45, 2.75) is 34.3 Å². The zero-order valence-corrected chi connectivity index (χ0v) is 15.9. The van der Waals surface area contributed by atoms with Gasteiger partial charge in [-0.25, -0.2) is 9.59 Å². The Morgan fingerprint density at radius 3 is 2.44 bits per heavy atom. The van der Waals surface area contributed by atoms with Crippen LogP contribution in [0.4, 0.5) is 0 Å². The van der Waals surface area contributed by atoms with E-state index in [0.29, 0.717) is 16.9 Å². The van der Waals surface area contributed by atoms with E-state index in [0.717, 1.165) is 27.6 Å². The summed E-state index contributed by atoms with van der Waals surface area (Å²) in [7, 11) is 0. The number of esters is 1. The first-order valence-electron chi connectivity index (χ1n) is 8.73. The van der Waals surface area contributed by atoms with Gasteiger partial charge in [0, 0.05) is 17.0 Å². The number of ether oxygens (including phenoxy) is 2. The van der Waals surface area contributed by atoms with Gasteiger partial charge in [-0.05, 0) is 62.6 Å². The molecule has 140 valence electrons. The molecule has 3 aromatic rings. The van der Waals surface area contributed by atoms with E-state index in [1.54, 1.807) is 0 Å². The van der Waals surface area contributed by atoms with Crippen LogP contribution in [0.5, 0.6) is 5.75 Å². The van der Waals surface area contributed by atoms with E-state index in [1.807, 2.05) is 58.0 Å². The molecular weight excluding hydrogens is 344 g/mol. The van der Waals surface area contributed by atoms with Gasteiger partial charge in [-0.15, -0.1) is 0 Å². The van der Waals surface area contributed by atoms with Crippen LogP contribution in [0.2, 0.25) is 0 Å². The topological polar surface area (TPSA) is 65.7 Å². The minimum absolute atomic E-state index is 0.0142. The normalized spacial score (nSPS) is 10.8. The monoisotopic (exact) mass is 366 g/mol. The van der Waals surface area contributed by atoms with Crippen LogP contribution in [-0.2, 0) is 16.1 Å². The highest BCUT2D eigenvalue weighted by molar-refractivity contribution is 5.82. The van der Waals surface area contributed by atoms with Gasteiger partial charge in [0.05, 0.1) is 0 Å². The standard InChI is InChI=1S/C22H22O5/c1-13-5-6-19(16(4)7-13)25-12-22(24)26-11-17-10-21(23)27-20-9-15(3)14(2)8-18(17)20/h5-10H,11-12H2,1-4H3. The first-order chi connectivity index (χ1) is 12.8. The van der Waals surface area contributed by atoms with E-state index in [2.05, 4.69) is 0 Å². The van der Waals surface area contributed by atoms with Crippen LogP contribution in [0.15, 0.2) is 45.6 Å². The van der Waals surface area contributed by atoms with Gasteiger partial charge < -0.3 is 13.9 Å². The zero-order valence-electron chi connectivity index (χ0n) is 15.9. The predicted octanol–water partition coefficient (Wildman–Crippen LogP) is 4.15. The summed E-state index contributed by atoms with van der Waals surface area (Å²) in [6.07, 6.45) is 0. The second-order valence-corrected chi connectivity index (χ2v) is 6.74. The lowest BCUT2D eigenvalue weighted by atomic mass is 10.0. The van der Waals surface area contributed by atoms with E-state index >= 15 is 0 Å². The van der Waals surface area contributed by atoms with Crippen molar-refractivity contribution in [3.63, 3.8) is 0 Å². The Hall–Kier alpha value is -3.08. The summed E-state index contributed by atoms with van der Waals surface area (Å²) in [5.74, 6) is 0.148. The number of carbonyl (C=O) groups excluding carboxylic acids is 1. The van der Waals surface area contributed by atoms with Crippen molar-refractivity contribution in [1.29, 1.82) is 0 Å². The van der Waals surface area contributed by atoms with Gasteiger partial charge in [-0.1, -0.05) is 17.7 Å². The molecule has 5 nitrogen and oxygen atoms in total. The summed E-state index contributed by atoms with van der Waals surface area (Å²) in [6.45, 7) is 7.64. The summed E-state index contributed by atoms with van der Waals surface area (Å²) >= 11 is 0. The average molecular weight is 366 g/mol. The van der Waals surface area contributed by atoms with Crippen LogP contribution in [0.3, 0.4) is 0 Å². The van der Waals surface area contributed by atoms with E-state index in [9.17, 15) is 9.59 Å². The van der Waals surface area contributed by atoms with Crippen molar-refractivity contribution >= 4 is 16.9 Å². The Balaban J connectivity index is 1.70. The molecule has 0 aliphatic rings. The van der Waals surface area contributed by atoms with Gasteiger partial charge >= 0.3 is 11.6 Å². The maximum atomic E-state index is 12.1. The Labute approximate surface area is 157 Å². The minimum atomic E-state index is -0.500. The lowest BCUT2D eigenvalue weighted by Gasteiger charge is -2.11. The first-order valence-corrected chi connectivity index (χ1v) is 8.73. The van der Waals surface area contributed by atoms with E-state index in [1.165, 1.54) is 6.07 Å². The van der Waals surface area contributed by atoms with Crippen LogP contribution in [-0.4, -0.2) is 12.6 Å². The Bertz CT molecular complexity index is 1060. The van der Waals surface area contributed by atoms with Gasteiger partial charge in [0.1, 0.15) is 17.9 Å². The van der Waals surface area contributed by atoms with Gasteiger partial charge in [-0.2, -0.15) is 0 Å². The average Bonchev–Trinajstić information content (AvgIpc) is 2.60. The number of hydrogen-bond donors (Lipinski definition) is 0. The molecule has 5 heteroatoms. The molecular formula is C22H22O5. The second kappa shape index (κ2) is 7.66. The molecule has 1 aromatic heterocycles. The number of fused-ring (bicyclic) bond motifs is 1. The van der Waals surface area contributed by atoms with Crippen molar-refractivity contribution in [3.8, 4) is 5.75 Å². The molecule has 0 N–H and O–H groups in total. The molecule has 3 rings (SSSR count). The van der Waals surface area contributed by atoms with Crippen molar-refractivity contribution in [2.24, 2.45) is 0 Å². The van der Waals surface area contributed by atoms with Crippen molar-refractivity contribution in [2.75, 3.05) is 6.61 Å². The molecule has 27 heavy (non-hydrogen) atoms. The highest BCUT2D eigenvalue weighted by Crippen LogP contribution is 2.22. The quantitative estimate of drug-likeness (QED) is 0.501. The molecule has 0 saturated carbocycles. The summed E-state index contributed by atoms with van der Waals surface area (Å²) < 4.78 is 16.1. The van der Waals surface area contributed by atoms with Crippen LogP contribution in [0, 0.1) is 27.7 Å². The zero-order chi connectivity index (χ0) is 19.6. The van der Waals surface area contributed by atoms with Crippen molar-refractivity contribution in [3.05, 3.63) is 74.6 Å². The number of benzene rings is 2. The molecule has 0 spiro atoms. The molecule has 0 aliphatic heterocycles. The predicted molar refractivity (Wildman–Crippen MR) is 103 cm³/mol. The summed E-state index contributed by atoms with van der Waals surface area (Å²) in [4.78, 5) is 23.9. The maximum absolute atomic E-state index is 12.1. The number of rotatable bonds is 5. The molecule has 0 unspecified atom stereocenters. The SMILES string of the molecule is Cc1ccc(OCC(=O)OCc2cc(=O)oc3cc(C)c(C)cc23)c(C)c1. The smallest absolute Gasteiger partial charge is 0.344 e. The molecule has 0 bridgehead atoms. The molecule has 0 fully saturated rings. The highest BCUT2D eigenvalue weighted by atomic mass is 16.6. The second-order valence-electron chi connectivity index (χ2n) is 6.74. The van der Waals surface area contributed by atoms with Crippen LogP contribution in [0.1, 0.15) is 27.8 Å². The minimum Gasteiger partial charge on any atom is -0.482 e. The van der Waals surface area contributed by atoms with Crippen molar-refractivity contribution < 1.29 is 18.7 Å². The number of hydrogen-bond acceptors (Lipinski definition) is 5. The third-order valence-electron chi connectivity index (χ3n) is 4.51. The third-order valence-corrected chi connectivity index (χ3v) is 4.51. The lowest BCUT2D eigenvalue weighted by molar-refractivity contribution is -0.147. The molecule has 2 aromatic carbocycles. The Morgan fingerprint density at radius 1 is 0.963 bits per heavy atom. The summed E-state index contributed by atoms with van der Waals surface area (Å²) in [5, 5.41) is 0.765. The van der Waals surface area contributed by atoms with Gasteiger partial charge in [0.15, 0.2) is 6.61 Å². The summed E-state index contributed by atoms with van der Waals surface area (Å²) in [5.41, 5.74) is 4.82. The van der Waals surface area contributed by atoms with Crippen LogP contribution >= 0.6 is 0 Å². The van der Waals surface area contributed by atoms with Crippen molar-refractivity contribution in [1.82, 2.24) is 0 Å². The van der Waals surface area contributed by atoms with Crippen LogP contribution in [0.25, 0.3) is 11.0 Å². The molecule has 0 saturated heterocycles. The lowest BCUT2D eigenvalue weighted by Crippen LogP contribution is -2.16. The maximum Gasteiger partial charge on any atom is 0.344 e. The Morgan fingerprint density at radius 2 is 1.70 bits per heavy atom. The highest BCUT2D eigenvalue weighted by Gasteiger charge is 2.11. The fraction of sp³-hybridized carbons (Fsp3) is 0.273. The largest absolute Gasteiger partial charge is 0.482 e. The molecule has 0 radical (unpaired) electrons. The van der Waals surface area contributed by atoms with E-state index in [-0.39, 0.29) is 13.2 Å². The van der Waals surface area contributed by atoms with Crippen LogP contribution < -0.4 is 10.4 Å². The molecule has 0 aliphatic carbocycles. The van der Waals surface area contributed by atoms with E-state index < -0.39 is 11.6 Å². The fourth-order valence-electron chi connectivity index (χ4n) is 2.90. The molecule has 1 heterocycles. The molecule has 0 atom stereocenters. The fourth-order valence-corrected chi connectivity index (χ4v) is 2.90. The summed E-state index contributed by atoms with van der Waals surface area (Å²) in [6, 6.07) is 10.9. The van der Waals surface area contributed by atoms with E-state index in [4.69, 9.17) is 13.9 Å². The Kier molecular flexibility index (Phi) is 5.31. The third kappa shape index (κ3) is 4.37. The van der Waals surface area contributed by atoms with Gasteiger partial charge in [-0.3, -0.25) is 0 Å². The van der Waals surface area contributed by atoms with Gasteiger partial charge in [0.25, 0.3) is 0 Å². The first kappa shape index (κ1) is 18.7. The number of aryl methyl sites for hydroxylation is 4.